The molecule has 0 aliphatic carbocycles. The van der Waals surface area contributed by atoms with Crippen molar-refractivity contribution >= 4 is 15.9 Å². The van der Waals surface area contributed by atoms with E-state index in [0.717, 1.165) is 0 Å². The third-order valence-electron chi connectivity index (χ3n) is 0.517. The van der Waals surface area contributed by atoms with Crippen LogP contribution in [0.5, 0.6) is 0 Å². The maximum Gasteiger partial charge on any atom is -0.00624 e. The first kappa shape index (κ1) is 7.50. The molecule has 0 unspecified atom stereocenters. The molecule has 0 aliphatic heterocycles. The minimum atomic E-state index is 1.48. The molecule has 0 rings (SSSR count). The molecule has 0 saturated carbocycles. The Morgan fingerprint density at radius 2 is 1.62 bits per heavy atom. The van der Waals surface area contributed by atoms with Crippen LogP contribution in [0.2, 0.25) is 0 Å². The Balaban J connectivity index is 3.35. The van der Waals surface area contributed by atoms with Gasteiger partial charge in [-0.2, -0.15) is 0 Å². The van der Waals surface area contributed by atoms with Crippen molar-refractivity contribution in [2.75, 3.05) is 0 Å². The van der Waals surface area contributed by atoms with Crippen LogP contribution in [0.4, 0.5) is 0 Å². The molecule has 0 spiro atoms. The van der Waals surface area contributed by atoms with Gasteiger partial charge in [-0.1, -0.05) is 34.2 Å². The average molecular weight is 174 g/mol. The summed E-state index contributed by atoms with van der Waals surface area (Å²) in [6.07, 6.45) is 8.82. The minimum Gasteiger partial charge on any atom is -0.405 e. The summed E-state index contributed by atoms with van der Waals surface area (Å²) in [6.45, 7) is 0. The molecule has 0 aromatic rings. The fourth-order valence-corrected chi connectivity index (χ4v) is 0.411. The molecule has 0 aliphatic rings. The van der Waals surface area contributed by atoms with Crippen LogP contribution >= 0.6 is 15.9 Å². The van der Waals surface area contributed by atoms with Gasteiger partial charge in [-0.15, -0.1) is 0 Å². The van der Waals surface area contributed by atoms with Crippen LogP contribution in [0.25, 0.3) is 0 Å². The highest BCUT2D eigenvalue weighted by Gasteiger charge is 1.56. The van der Waals surface area contributed by atoms with E-state index in [-0.39, 0.29) is 0 Å². The van der Waals surface area contributed by atoms with Gasteiger partial charge in [0.15, 0.2) is 0 Å². The second-order valence-electron chi connectivity index (χ2n) is 1.09. The molecule has 44 valence electrons. The molecular formula is C6H8BrN. The molecule has 0 atom stereocenters. The number of nitrogens with two attached hydrogens (primary N) is 1. The molecule has 1 nitrogen and oxygen atoms in total. The van der Waals surface area contributed by atoms with Gasteiger partial charge in [-0.3, -0.25) is 0 Å². The van der Waals surface area contributed by atoms with E-state index < -0.39 is 0 Å². The molecule has 2 N–H and O–H groups in total. The Bertz CT molecular complexity index is 99.7. The van der Waals surface area contributed by atoms with Crippen molar-refractivity contribution in [3.05, 3.63) is 35.5 Å². The molecule has 0 aromatic heterocycles. The fourth-order valence-electron chi connectivity index (χ4n) is 0.234. The van der Waals surface area contributed by atoms with Crippen molar-refractivity contribution in [2.45, 2.75) is 0 Å². The average Bonchev–Trinajstić information content (AvgIpc) is 1.81. The van der Waals surface area contributed by atoms with Gasteiger partial charge in [0.05, 0.1) is 0 Å². The first-order chi connectivity index (χ1) is 3.91. The van der Waals surface area contributed by atoms with E-state index in [2.05, 4.69) is 15.9 Å². The van der Waals surface area contributed by atoms with E-state index in [9.17, 15) is 0 Å². The highest BCUT2D eigenvalue weighted by Crippen LogP contribution is 1.83. The summed E-state index contributed by atoms with van der Waals surface area (Å²) < 4.78 is 0. The summed E-state index contributed by atoms with van der Waals surface area (Å²) in [5, 5.41) is 0. The minimum absolute atomic E-state index is 1.48. The summed E-state index contributed by atoms with van der Waals surface area (Å²) in [5.74, 6) is 0. The topological polar surface area (TPSA) is 26.0 Å². The number of halogens is 1. The zero-order chi connectivity index (χ0) is 6.24. The Hall–Kier alpha value is -0.500. The van der Waals surface area contributed by atoms with Crippen LogP contribution in [0.3, 0.4) is 0 Å². The molecule has 0 fully saturated rings. The van der Waals surface area contributed by atoms with E-state index in [1.54, 1.807) is 11.1 Å². The number of allylic oxidation sites excluding steroid dienone is 4. The molecule has 8 heavy (non-hydrogen) atoms. The van der Waals surface area contributed by atoms with Crippen molar-refractivity contribution in [2.24, 2.45) is 5.73 Å². The predicted octanol–water partition coefficient (Wildman–Crippen LogP) is 1.92. The zero-order valence-electron chi connectivity index (χ0n) is 4.42. The van der Waals surface area contributed by atoms with Gasteiger partial charge in [-0.05, 0) is 17.3 Å². The van der Waals surface area contributed by atoms with Gasteiger partial charge in [-0.25, -0.2) is 0 Å². The second-order valence-corrected chi connectivity index (χ2v) is 1.62. The number of hydrogen-bond donors (Lipinski definition) is 1. The normalized spacial score (nSPS) is 12.6. The maximum absolute atomic E-state index is 5.04. The lowest BCUT2D eigenvalue weighted by atomic mass is 10.5. The molecule has 0 amide bonds. The molecule has 0 heterocycles. The van der Waals surface area contributed by atoms with E-state index in [0.29, 0.717) is 0 Å². The van der Waals surface area contributed by atoms with Crippen molar-refractivity contribution in [1.82, 2.24) is 0 Å². The lowest BCUT2D eigenvalue weighted by Gasteiger charge is -1.68. The number of rotatable bonds is 2. The number of hydrogen-bond acceptors (Lipinski definition) is 1. The Labute approximate surface area is 57.7 Å². The maximum atomic E-state index is 5.04. The fraction of sp³-hybridized carbons (Fsp3) is 0. The summed E-state index contributed by atoms with van der Waals surface area (Å²) in [6, 6.07) is 0. The third kappa shape index (κ3) is 5.50. The van der Waals surface area contributed by atoms with Crippen molar-refractivity contribution in [3.63, 3.8) is 0 Å². The summed E-state index contributed by atoms with van der Waals surface area (Å²) in [5.41, 5.74) is 5.04. The molecule has 0 saturated heterocycles. The van der Waals surface area contributed by atoms with E-state index >= 15 is 0 Å². The lowest BCUT2D eigenvalue weighted by Crippen LogP contribution is -1.71. The van der Waals surface area contributed by atoms with Gasteiger partial charge in [0.2, 0.25) is 0 Å². The summed E-state index contributed by atoms with van der Waals surface area (Å²) >= 11 is 3.11. The highest BCUT2D eigenvalue weighted by atomic mass is 79.9. The van der Waals surface area contributed by atoms with Gasteiger partial charge in [0, 0.05) is 0 Å². The van der Waals surface area contributed by atoms with Crippen LogP contribution in [-0.2, 0) is 0 Å². The lowest BCUT2D eigenvalue weighted by molar-refractivity contribution is 1.60. The van der Waals surface area contributed by atoms with Crippen LogP contribution in [0, 0.1) is 0 Å². The second kappa shape index (κ2) is 6.50. The summed E-state index contributed by atoms with van der Waals surface area (Å²) in [4.78, 5) is 1.77. The molecule has 2 heteroatoms. The van der Waals surface area contributed by atoms with Gasteiger partial charge < -0.3 is 5.73 Å². The van der Waals surface area contributed by atoms with E-state index in [1.807, 2.05) is 18.2 Å². The van der Waals surface area contributed by atoms with Crippen molar-refractivity contribution in [1.29, 1.82) is 0 Å². The molecule has 0 aromatic carbocycles. The van der Waals surface area contributed by atoms with Crippen LogP contribution in [0.1, 0.15) is 0 Å². The standard InChI is InChI=1S/C6H8BrN/c7-5-3-1-2-4-6-8/h1-6H,8H2/b2-1-,5-3+,6-4+. The Morgan fingerprint density at radius 1 is 1.00 bits per heavy atom. The first-order valence-corrected chi connectivity index (χ1v) is 3.13. The molecule has 0 bridgehead atoms. The monoisotopic (exact) mass is 173 g/mol. The largest absolute Gasteiger partial charge is 0.405 e. The first-order valence-electron chi connectivity index (χ1n) is 2.22. The molecular weight excluding hydrogens is 166 g/mol. The van der Waals surface area contributed by atoms with Crippen molar-refractivity contribution < 1.29 is 0 Å². The van der Waals surface area contributed by atoms with Gasteiger partial charge in [0.25, 0.3) is 0 Å². The predicted molar refractivity (Wildman–Crippen MR) is 40.5 cm³/mol. The van der Waals surface area contributed by atoms with E-state index in [1.165, 1.54) is 6.20 Å². The van der Waals surface area contributed by atoms with Crippen LogP contribution in [-0.4, -0.2) is 0 Å². The smallest absolute Gasteiger partial charge is 0.00624 e. The summed E-state index contributed by atoms with van der Waals surface area (Å²) in [7, 11) is 0. The SMILES string of the molecule is N/C=C/C=C\C=C\Br. The highest BCUT2D eigenvalue weighted by molar-refractivity contribution is 9.11. The van der Waals surface area contributed by atoms with Crippen LogP contribution in [0.15, 0.2) is 35.5 Å². The zero-order valence-corrected chi connectivity index (χ0v) is 6.01. The Kier molecular flexibility index (Phi) is 6.09. The quantitative estimate of drug-likeness (QED) is 0.636. The van der Waals surface area contributed by atoms with Crippen molar-refractivity contribution in [3.8, 4) is 0 Å². The van der Waals surface area contributed by atoms with E-state index in [4.69, 9.17) is 5.73 Å². The molecule has 0 radical (unpaired) electrons. The third-order valence-corrected chi connectivity index (χ3v) is 0.822. The van der Waals surface area contributed by atoms with Gasteiger partial charge in [0.1, 0.15) is 0 Å². The Morgan fingerprint density at radius 3 is 2.12 bits per heavy atom. The van der Waals surface area contributed by atoms with Gasteiger partial charge >= 0.3 is 0 Å². The van der Waals surface area contributed by atoms with Crippen LogP contribution < -0.4 is 5.73 Å².